The summed E-state index contributed by atoms with van der Waals surface area (Å²) in [7, 11) is 0. The lowest BCUT2D eigenvalue weighted by atomic mass is 10.0. The number of nitrogens with two attached hydrogens (primary N) is 2. The number of aliphatic hydroxyl groups is 1. The fourth-order valence-electron chi connectivity index (χ4n) is 2.24. The average Bonchev–Trinajstić information content (AvgIpc) is 2.65. The summed E-state index contributed by atoms with van der Waals surface area (Å²) in [5, 5.41) is 25.5. The molecule has 9 N–H and O–H groups in total. The highest BCUT2D eigenvalue weighted by Gasteiger charge is 2.31. The van der Waals surface area contributed by atoms with Crippen molar-refractivity contribution < 1.29 is 34.2 Å². The first-order chi connectivity index (χ1) is 13.8. The summed E-state index contributed by atoms with van der Waals surface area (Å²) in [6.07, 6.45) is -1.92. The molecule has 0 aliphatic carbocycles. The van der Waals surface area contributed by atoms with E-state index < -0.39 is 59.9 Å². The number of aliphatic hydroxyl groups excluding tert-OH is 1. The largest absolute Gasteiger partial charge is 0.480 e. The lowest BCUT2D eigenvalue weighted by molar-refractivity contribution is -0.145. The van der Waals surface area contributed by atoms with Gasteiger partial charge in [-0.25, -0.2) is 4.79 Å². The molecule has 0 aliphatic rings. The summed E-state index contributed by atoms with van der Waals surface area (Å²) >= 11 is 4.02. The fourth-order valence-corrected chi connectivity index (χ4v) is 2.49. The quantitative estimate of drug-likeness (QED) is 0.136. The van der Waals surface area contributed by atoms with Crippen molar-refractivity contribution >= 4 is 42.2 Å². The van der Waals surface area contributed by atoms with Crippen molar-refractivity contribution in [2.75, 3.05) is 5.75 Å². The molecular formula is C17H31N5O7S. The first-order valence-electron chi connectivity index (χ1n) is 9.28. The maximum atomic E-state index is 12.5. The molecule has 0 heterocycles. The summed E-state index contributed by atoms with van der Waals surface area (Å²) in [6, 6.07) is -4.98. The van der Waals surface area contributed by atoms with Crippen molar-refractivity contribution in [3.63, 3.8) is 0 Å². The zero-order chi connectivity index (χ0) is 23.6. The van der Waals surface area contributed by atoms with Gasteiger partial charge in [-0.3, -0.25) is 19.2 Å². The summed E-state index contributed by atoms with van der Waals surface area (Å²) in [4.78, 5) is 59.4. The Balaban J connectivity index is 5.34. The van der Waals surface area contributed by atoms with Crippen molar-refractivity contribution in [2.45, 2.75) is 63.9 Å². The molecule has 5 atom stereocenters. The topological polar surface area (TPSA) is 214 Å². The predicted octanol–water partition coefficient (Wildman–Crippen LogP) is -2.92. The molecule has 30 heavy (non-hydrogen) atoms. The molecule has 0 aliphatic heterocycles. The van der Waals surface area contributed by atoms with Crippen LogP contribution in [0.2, 0.25) is 0 Å². The molecule has 0 rings (SSSR count). The second-order valence-electron chi connectivity index (χ2n) is 7.14. The lowest BCUT2D eigenvalue weighted by Gasteiger charge is -2.25. The number of carboxylic acids is 1. The van der Waals surface area contributed by atoms with E-state index in [9.17, 15) is 29.1 Å². The number of amides is 4. The van der Waals surface area contributed by atoms with Crippen LogP contribution in [0.15, 0.2) is 0 Å². The van der Waals surface area contributed by atoms with E-state index in [0.717, 1.165) is 0 Å². The summed E-state index contributed by atoms with van der Waals surface area (Å²) in [5.74, 6) is -4.84. The van der Waals surface area contributed by atoms with Gasteiger partial charge < -0.3 is 37.6 Å². The number of aliphatic carboxylic acids is 1. The highest BCUT2D eigenvalue weighted by Crippen LogP contribution is 2.04. The Morgan fingerprint density at radius 2 is 1.43 bits per heavy atom. The zero-order valence-corrected chi connectivity index (χ0v) is 18.0. The van der Waals surface area contributed by atoms with E-state index in [1.54, 1.807) is 13.8 Å². The van der Waals surface area contributed by atoms with Crippen molar-refractivity contribution in [3.8, 4) is 0 Å². The van der Waals surface area contributed by atoms with Gasteiger partial charge in [0.2, 0.25) is 23.6 Å². The standard InChI is InChI=1S/C17H31N5O7S/c1-7(2)12(19)16(27)21-10(6-30)15(26)20-9(4-5-11(18)24)14(25)22-13(8(3)23)17(28)29/h7-10,12-13,23,30H,4-6,19H2,1-3H3,(H2,18,24)(H,20,26)(H,21,27)(H,22,25)(H,28,29). The van der Waals surface area contributed by atoms with Gasteiger partial charge in [0, 0.05) is 12.2 Å². The molecule has 0 aromatic heterocycles. The Morgan fingerprint density at radius 1 is 0.933 bits per heavy atom. The predicted molar refractivity (Wildman–Crippen MR) is 110 cm³/mol. The summed E-state index contributed by atoms with van der Waals surface area (Å²) in [6.45, 7) is 4.62. The Bertz CT molecular complexity index is 644. The molecule has 0 saturated heterocycles. The molecule has 0 spiro atoms. The van der Waals surface area contributed by atoms with Gasteiger partial charge in [0.25, 0.3) is 0 Å². The number of carboxylic acid groups (broad SMARTS) is 1. The van der Waals surface area contributed by atoms with Crippen molar-refractivity contribution in [1.29, 1.82) is 0 Å². The normalized spacial score (nSPS) is 16.0. The minimum atomic E-state index is -1.63. The van der Waals surface area contributed by atoms with Crippen LogP contribution in [0.4, 0.5) is 0 Å². The molecule has 5 unspecified atom stereocenters. The zero-order valence-electron chi connectivity index (χ0n) is 17.1. The maximum absolute atomic E-state index is 12.5. The van der Waals surface area contributed by atoms with Gasteiger partial charge in [0.05, 0.1) is 12.1 Å². The highest BCUT2D eigenvalue weighted by molar-refractivity contribution is 7.80. The van der Waals surface area contributed by atoms with Crippen LogP contribution < -0.4 is 27.4 Å². The Hall–Kier alpha value is -2.38. The van der Waals surface area contributed by atoms with E-state index in [2.05, 4.69) is 28.6 Å². The van der Waals surface area contributed by atoms with Gasteiger partial charge in [-0.05, 0) is 19.3 Å². The van der Waals surface area contributed by atoms with Crippen LogP contribution in [0.25, 0.3) is 0 Å². The average molecular weight is 450 g/mol. The minimum absolute atomic E-state index is 0.113. The molecule has 0 aromatic carbocycles. The summed E-state index contributed by atoms with van der Waals surface area (Å²) < 4.78 is 0. The third-order valence-electron chi connectivity index (χ3n) is 4.20. The van der Waals surface area contributed by atoms with E-state index in [1.807, 2.05) is 0 Å². The molecule has 0 aromatic rings. The fraction of sp³-hybridized carbons (Fsp3) is 0.706. The number of hydrogen-bond donors (Lipinski definition) is 8. The number of carbonyl (C=O) groups excluding carboxylic acids is 4. The van der Waals surface area contributed by atoms with Gasteiger partial charge >= 0.3 is 5.97 Å². The molecule has 12 nitrogen and oxygen atoms in total. The smallest absolute Gasteiger partial charge is 0.328 e. The first kappa shape index (κ1) is 27.6. The molecule has 172 valence electrons. The molecule has 0 fully saturated rings. The van der Waals surface area contributed by atoms with Gasteiger partial charge in [-0.1, -0.05) is 13.8 Å². The number of carbonyl (C=O) groups is 5. The number of thiol groups is 1. The SMILES string of the molecule is CC(C)C(N)C(=O)NC(CS)C(=O)NC(CCC(N)=O)C(=O)NC(C(=O)O)C(C)O. The van der Waals surface area contributed by atoms with Gasteiger partial charge in [-0.15, -0.1) is 0 Å². The molecule has 4 amide bonds. The van der Waals surface area contributed by atoms with Crippen LogP contribution in [0.1, 0.15) is 33.6 Å². The third kappa shape index (κ3) is 9.41. The number of primary amides is 1. The van der Waals surface area contributed by atoms with E-state index in [-0.39, 0.29) is 24.5 Å². The van der Waals surface area contributed by atoms with Gasteiger partial charge in [0.1, 0.15) is 12.1 Å². The van der Waals surface area contributed by atoms with E-state index in [1.165, 1.54) is 6.92 Å². The molecule has 13 heteroatoms. The van der Waals surface area contributed by atoms with Crippen LogP contribution >= 0.6 is 12.6 Å². The van der Waals surface area contributed by atoms with Crippen LogP contribution in [0.3, 0.4) is 0 Å². The Kier molecular flexibility index (Phi) is 12.0. The molecule has 0 bridgehead atoms. The van der Waals surface area contributed by atoms with Crippen LogP contribution in [0, 0.1) is 5.92 Å². The Labute approximate surface area is 179 Å². The van der Waals surface area contributed by atoms with Crippen molar-refractivity contribution in [1.82, 2.24) is 16.0 Å². The monoisotopic (exact) mass is 449 g/mol. The highest BCUT2D eigenvalue weighted by atomic mass is 32.1. The maximum Gasteiger partial charge on any atom is 0.328 e. The second-order valence-corrected chi connectivity index (χ2v) is 7.51. The first-order valence-corrected chi connectivity index (χ1v) is 9.91. The Morgan fingerprint density at radius 3 is 1.83 bits per heavy atom. The lowest BCUT2D eigenvalue weighted by Crippen LogP contribution is -2.59. The van der Waals surface area contributed by atoms with Crippen LogP contribution in [0.5, 0.6) is 0 Å². The van der Waals surface area contributed by atoms with Crippen molar-refractivity contribution in [2.24, 2.45) is 17.4 Å². The summed E-state index contributed by atoms with van der Waals surface area (Å²) in [5.41, 5.74) is 10.8. The van der Waals surface area contributed by atoms with E-state index in [4.69, 9.17) is 16.6 Å². The van der Waals surface area contributed by atoms with Crippen LogP contribution in [-0.4, -0.2) is 75.8 Å². The number of rotatable bonds is 13. The third-order valence-corrected chi connectivity index (χ3v) is 4.56. The van der Waals surface area contributed by atoms with Crippen LogP contribution in [-0.2, 0) is 24.0 Å². The van der Waals surface area contributed by atoms with Gasteiger partial charge in [-0.2, -0.15) is 12.6 Å². The van der Waals surface area contributed by atoms with E-state index >= 15 is 0 Å². The van der Waals surface area contributed by atoms with Gasteiger partial charge in [0.15, 0.2) is 6.04 Å². The van der Waals surface area contributed by atoms with Crippen molar-refractivity contribution in [3.05, 3.63) is 0 Å². The number of hydrogen-bond acceptors (Lipinski definition) is 8. The molecule has 0 radical (unpaired) electrons. The van der Waals surface area contributed by atoms with E-state index in [0.29, 0.717) is 0 Å². The molecule has 0 saturated carbocycles. The minimum Gasteiger partial charge on any atom is -0.480 e. The molecular weight excluding hydrogens is 418 g/mol. The number of nitrogens with one attached hydrogen (secondary N) is 3. The second kappa shape index (κ2) is 13.0.